The van der Waals surface area contributed by atoms with E-state index in [0.29, 0.717) is 0 Å². The second kappa shape index (κ2) is 7.86. The number of ether oxygens (including phenoxy) is 2. The summed E-state index contributed by atoms with van der Waals surface area (Å²) in [6.45, 7) is 0. The average molecular weight is 387 g/mol. The number of aromatic nitrogens is 3. The first kappa shape index (κ1) is 19.0. The van der Waals surface area contributed by atoms with Crippen LogP contribution in [0.15, 0.2) is 24.7 Å². The number of rotatable bonds is 5. The van der Waals surface area contributed by atoms with E-state index in [-0.39, 0.29) is 35.8 Å². The number of anilines is 1. The molecule has 2 aromatic heterocycles. The Bertz CT molecular complexity index is 953. The number of amides is 3. The quantitative estimate of drug-likeness (QED) is 0.551. The molecule has 0 bridgehead atoms. The highest BCUT2D eigenvalue weighted by Crippen LogP contribution is 2.27. The zero-order valence-electron chi connectivity index (χ0n) is 15.1. The third-order valence-corrected chi connectivity index (χ3v) is 4.16. The molecule has 1 saturated heterocycles. The number of pyridine rings is 1. The fourth-order valence-corrected chi connectivity index (χ4v) is 2.81. The summed E-state index contributed by atoms with van der Waals surface area (Å²) in [5.41, 5.74) is -0.202. The van der Waals surface area contributed by atoms with Crippen LogP contribution in [-0.4, -0.2) is 52.4 Å². The van der Waals surface area contributed by atoms with Crippen molar-refractivity contribution >= 4 is 29.5 Å². The van der Waals surface area contributed by atoms with Crippen LogP contribution in [0, 0.1) is 0 Å². The van der Waals surface area contributed by atoms with Crippen molar-refractivity contribution in [2.45, 2.75) is 18.9 Å². The summed E-state index contributed by atoms with van der Waals surface area (Å²) >= 11 is 0. The number of methoxy groups -OCH3 is 2. The molecule has 0 saturated carbocycles. The normalized spacial score (nSPS) is 16.3. The van der Waals surface area contributed by atoms with Gasteiger partial charge >= 0.3 is 5.97 Å². The Morgan fingerprint density at radius 1 is 1.25 bits per heavy atom. The fourth-order valence-electron chi connectivity index (χ4n) is 2.81. The maximum atomic E-state index is 12.7. The second-order valence-electron chi connectivity index (χ2n) is 5.82. The molecular formula is C17H17N5O6. The summed E-state index contributed by atoms with van der Waals surface area (Å²) in [6, 6.07) is 2.33. The van der Waals surface area contributed by atoms with Crippen molar-refractivity contribution in [3.63, 3.8) is 0 Å². The SMILES string of the molecule is COC(=O)c1ncn(C2CCC(=O)NC2=O)c1NC(=O)c1ncccc1OC. The summed E-state index contributed by atoms with van der Waals surface area (Å²) < 4.78 is 11.1. The monoisotopic (exact) mass is 387 g/mol. The van der Waals surface area contributed by atoms with E-state index < -0.39 is 29.7 Å². The van der Waals surface area contributed by atoms with E-state index in [9.17, 15) is 19.2 Å². The van der Waals surface area contributed by atoms with Crippen molar-refractivity contribution in [3.05, 3.63) is 36.0 Å². The van der Waals surface area contributed by atoms with Crippen LogP contribution in [0.4, 0.5) is 5.82 Å². The maximum absolute atomic E-state index is 12.7. The molecule has 1 fully saturated rings. The van der Waals surface area contributed by atoms with Crippen LogP contribution in [0.1, 0.15) is 39.9 Å². The molecule has 0 spiro atoms. The number of nitrogens with one attached hydrogen (secondary N) is 2. The van der Waals surface area contributed by atoms with E-state index in [0.717, 1.165) is 0 Å². The zero-order chi connectivity index (χ0) is 20.3. The van der Waals surface area contributed by atoms with Gasteiger partial charge in [-0.15, -0.1) is 0 Å². The van der Waals surface area contributed by atoms with Crippen LogP contribution in [0.25, 0.3) is 0 Å². The molecule has 11 heteroatoms. The minimum absolute atomic E-state index is 0.0168. The van der Waals surface area contributed by atoms with Gasteiger partial charge in [-0.25, -0.2) is 14.8 Å². The van der Waals surface area contributed by atoms with Crippen molar-refractivity contribution in [2.75, 3.05) is 19.5 Å². The molecule has 28 heavy (non-hydrogen) atoms. The van der Waals surface area contributed by atoms with Gasteiger partial charge in [0.15, 0.2) is 11.4 Å². The number of imidazole rings is 1. The zero-order valence-corrected chi connectivity index (χ0v) is 15.1. The van der Waals surface area contributed by atoms with Crippen LogP contribution in [0.5, 0.6) is 5.75 Å². The van der Waals surface area contributed by atoms with E-state index >= 15 is 0 Å². The van der Waals surface area contributed by atoms with E-state index in [1.165, 1.54) is 31.3 Å². The Morgan fingerprint density at radius 3 is 2.71 bits per heavy atom. The van der Waals surface area contributed by atoms with Crippen LogP contribution in [-0.2, 0) is 14.3 Å². The summed E-state index contributed by atoms with van der Waals surface area (Å²) in [6.07, 6.45) is 2.95. The number of hydrogen-bond acceptors (Lipinski definition) is 8. The van der Waals surface area contributed by atoms with Crippen LogP contribution < -0.4 is 15.4 Å². The third-order valence-electron chi connectivity index (χ3n) is 4.16. The van der Waals surface area contributed by atoms with E-state index in [2.05, 4.69) is 20.6 Å². The summed E-state index contributed by atoms with van der Waals surface area (Å²) in [7, 11) is 2.56. The molecule has 2 aromatic rings. The summed E-state index contributed by atoms with van der Waals surface area (Å²) in [4.78, 5) is 56.4. The van der Waals surface area contributed by atoms with Gasteiger partial charge in [0.25, 0.3) is 5.91 Å². The molecule has 146 valence electrons. The minimum atomic E-state index is -0.829. The lowest BCUT2D eigenvalue weighted by Gasteiger charge is -2.23. The van der Waals surface area contributed by atoms with Gasteiger partial charge in [0.1, 0.15) is 17.6 Å². The molecule has 3 rings (SSSR count). The molecule has 0 aliphatic carbocycles. The molecule has 0 radical (unpaired) electrons. The first-order valence-electron chi connectivity index (χ1n) is 8.25. The number of imide groups is 1. The Morgan fingerprint density at radius 2 is 2.04 bits per heavy atom. The lowest BCUT2D eigenvalue weighted by Crippen LogP contribution is -2.42. The largest absolute Gasteiger partial charge is 0.494 e. The molecule has 3 amide bonds. The predicted octanol–water partition coefficient (Wildman–Crippen LogP) is 0.303. The van der Waals surface area contributed by atoms with E-state index in [1.807, 2.05) is 0 Å². The van der Waals surface area contributed by atoms with Crippen molar-refractivity contribution in [2.24, 2.45) is 0 Å². The standard InChI is InChI=1S/C17H17N5O6/c1-27-10-4-3-7-18-12(10)16(25)21-14-13(17(26)28-2)19-8-22(14)9-5-6-11(23)20-15(9)24/h3-4,7-9H,5-6H2,1-2H3,(H,21,25)(H,20,23,24). The van der Waals surface area contributed by atoms with Gasteiger partial charge in [0.2, 0.25) is 11.8 Å². The van der Waals surface area contributed by atoms with Gasteiger partial charge in [-0.05, 0) is 18.6 Å². The molecule has 1 atom stereocenters. The molecule has 0 aromatic carbocycles. The number of carbonyl (C=O) groups is 4. The number of esters is 1. The fraction of sp³-hybridized carbons (Fsp3) is 0.294. The Labute approximate surface area is 159 Å². The predicted molar refractivity (Wildman–Crippen MR) is 93.7 cm³/mol. The number of carbonyl (C=O) groups excluding carboxylic acids is 4. The van der Waals surface area contributed by atoms with Crippen molar-refractivity contribution in [1.29, 1.82) is 0 Å². The van der Waals surface area contributed by atoms with Gasteiger partial charge in [-0.2, -0.15) is 0 Å². The first-order chi connectivity index (χ1) is 13.5. The minimum Gasteiger partial charge on any atom is -0.494 e. The van der Waals surface area contributed by atoms with Crippen molar-refractivity contribution in [3.8, 4) is 5.75 Å². The molecule has 1 aliphatic heterocycles. The second-order valence-corrected chi connectivity index (χ2v) is 5.82. The number of nitrogens with zero attached hydrogens (tertiary/aromatic N) is 3. The third kappa shape index (κ3) is 3.54. The lowest BCUT2D eigenvalue weighted by molar-refractivity contribution is -0.135. The van der Waals surface area contributed by atoms with Gasteiger partial charge < -0.3 is 19.4 Å². The topological polar surface area (TPSA) is 142 Å². The van der Waals surface area contributed by atoms with E-state index in [4.69, 9.17) is 9.47 Å². The summed E-state index contributed by atoms with van der Waals surface area (Å²) in [5.74, 6) is -2.23. The van der Waals surface area contributed by atoms with Crippen molar-refractivity contribution < 1.29 is 28.7 Å². The van der Waals surface area contributed by atoms with Crippen molar-refractivity contribution in [1.82, 2.24) is 19.9 Å². The molecule has 11 nitrogen and oxygen atoms in total. The first-order valence-corrected chi connectivity index (χ1v) is 8.25. The van der Waals surface area contributed by atoms with Crippen LogP contribution in [0.2, 0.25) is 0 Å². The van der Waals surface area contributed by atoms with Gasteiger partial charge in [-0.3, -0.25) is 19.7 Å². The molecule has 2 N–H and O–H groups in total. The van der Waals surface area contributed by atoms with Gasteiger partial charge in [0.05, 0.1) is 20.5 Å². The highest BCUT2D eigenvalue weighted by molar-refractivity contribution is 6.07. The van der Waals surface area contributed by atoms with Crippen LogP contribution in [0.3, 0.4) is 0 Å². The van der Waals surface area contributed by atoms with Gasteiger partial charge in [0, 0.05) is 12.6 Å². The molecular weight excluding hydrogens is 370 g/mol. The summed E-state index contributed by atoms with van der Waals surface area (Å²) in [5, 5.41) is 4.77. The van der Waals surface area contributed by atoms with Gasteiger partial charge in [-0.1, -0.05) is 0 Å². The Balaban J connectivity index is 1.99. The highest BCUT2D eigenvalue weighted by atomic mass is 16.5. The molecule has 3 heterocycles. The molecule has 1 unspecified atom stereocenters. The number of hydrogen-bond donors (Lipinski definition) is 2. The highest BCUT2D eigenvalue weighted by Gasteiger charge is 2.32. The average Bonchev–Trinajstić information content (AvgIpc) is 3.10. The Kier molecular flexibility index (Phi) is 5.34. The molecule has 1 aliphatic rings. The smallest absolute Gasteiger partial charge is 0.360 e. The Hall–Kier alpha value is -3.76. The maximum Gasteiger partial charge on any atom is 0.360 e. The van der Waals surface area contributed by atoms with Crippen LogP contribution >= 0.6 is 0 Å². The number of piperidine rings is 1. The van der Waals surface area contributed by atoms with E-state index in [1.54, 1.807) is 12.1 Å². The lowest BCUT2D eigenvalue weighted by atomic mass is 10.1.